The van der Waals surface area contributed by atoms with E-state index in [2.05, 4.69) is 17.0 Å². The van der Waals surface area contributed by atoms with E-state index >= 15 is 0 Å². The van der Waals surface area contributed by atoms with E-state index in [9.17, 15) is 9.18 Å². The third-order valence-electron chi connectivity index (χ3n) is 6.73. The first-order valence-corrected chi connectivity index (χ1v) is 12.6. The maximum atomic E-state index is 14.6. The van der Waals surface area contributed by atoms with Gasteiger partial charge in [-0.25, -0.2) is 9.07 Å². The van der Waals surface area contributed by atoms with Gasteiger partial charge in [-0.2, -0.15) is 5.10 Å². The zero-order valence-electron chi connectivity index (χ0n) is 21.4. The van der Waals surface area contributed by atoms with Crippen LogP contribution in [0, 0.1) is 19.7 Å². The number of benzene rings is 3. The van der Waals surface area contributed by atoms with Gasteiger partial charge in [-0.15, -0.1) is 0 Å². The Hall–Kier alpha value is -4.13. The summed E-state index contributed by atoms with van der Waals surface area (Å²) in [6.45, 7) is 9.10. The van der Waals surface area contributed by atoms with Crippen LogP contribution in [0.25, 0.3) is 16.9 Å². The molecule has 1 aliphatic rings. The first-order chi connectivity index (χ1) is 18.0. The van der Waals surface area contributed by atoms with Crippen LogP contribution in [0.15, 0.2) is 72.8 Å². The lowest BCUT2D eigenvalue weighted by Gasteiger charge is -2.36. The number of rotatable bonds is 6. The average molecular weight is 499 g/mol. The van der Waals surface area contributed by atoms with Gasteiger partial charge in [-0.1, -0.05) is 42.0 Å². The molecule has 0 radical (unpaired) electrons. The van der Waals surface area contributed by atoms with Crippen molar-refractivity contribution in [1.29, 1.82) is 0 Å². The Morgan fingerprint density at radius 1 is 0.919 bits per heavy atom. The molecule has 4 aromatic rings. The van der Waals surface area contributed by atoms with Crippen molar-refractivity contribution in [2.24, 2.45) is 0 Å². The van der Waals surface area contributed by atoms with E-state index in [1.54, 1.807) is 28.9 Å². The summed E-state index contributed by atoms with van der Waals surface area (Å²) in [4.78, 5) is 17.9. The molecule has 1 aliphatic heterocycles. The van der Waals surface area contributed by atoms with E-state index < -0.39 is 0 Å². The van der Waals surface area contributed by atoms with Crippen molar-refractivity contribution in [3.63, 3.8) is 0 Å². The lowest BCUT2D eigenvalue weighted by Crippen LogP contribution is -2.49. The second kappa shape index (κ2) is 10.5. The third kappa shape index (κ3) is 4.94. The molecule has 5 rings (SSSR count). The highest BCUT2D eigenvalue weighted by Gasteiger charge is 2.28. The number of amides is 1. The number of aromatic nitrogens is 2. The summed E-state index contributed by atoms with van der Waals surface area (Å²) in [7, 11) is 0. The van der Waals surface area contributed by atoms with Gasteiger partial charge in [0.25, 0.3) is 5.91 Å². The highest BCUT2D eigenvalue weighted by atomic mass is 19.1. The predicted octanol–water partition coefficient (Wildman–Crippen LogP) is 5.66. The largest absolute Gasteiger partial charge is 0.492 e. The summed E-state index contributed by atoms with van der Waals surface area (Å²) in [5, 5.41) is 4.71. The number of carbonyl (C=O) groups is 1. The Balaban J connectivity index is 1.45. The van der Waals surface area contributed by atoms with Crippen molar-refractivity contribution in [2.75, 3.05) is 37.7 Å². The fraction of sp³-hybridized carbons (Fsp3) is 0.267. The molecule has 0 unspecified atom stereocenters. The van der Waals surface area contributed by atoms with E-state index in [1.165, 1.54) is 6.07 Å². The number of aryl methyl sites for hydroxylation is 2. The monoisotopic (exact) mass is 498 g/mol. The van der Waals surface area contributed by atoms with E-state index in [1.807, 2.05) is 56.0 Å². The van der Waals surface area contributed by atoms with Gasteiger partial charge in [0.2, 0.25) is 0 Å². The molecule has 0 atom stereocenters. The molecule has 1 amide bonds. The zero-order chi connectivity index (χ0) is 25.9. The van der Waals surface area contributed by atoms with Gasteiger partial charge in [0.1, 0.15) is 17.3 Å². The molecule has 37 heavy (non-hydrogen) atoms. The number of para-hydroxylation sites is 2. The van der Waals surface area contributed by atoms with Crippen molar-refractivity contribution < 1.29 is 13.9 Å². The number of carbonyl (C=O) groups excluding carboxylic acids is 1. The van der Waals surface area contributed by atoms with Gasteiger partial charge in [0.05, 0.1) is 23.7 Å². The second-order valence-corrected chi connectivity index (χ2v) is 9.28. The van der Waals surface area contributed by atoms with E-state index in [0.717, 1.165) is 28.3 Å². The summed E-state index contributed by atoms with van der Waals surface area (Å²) < 4.78 is 22.1. The minimum atomic E-state index is -0.367. The summed E-state index contributed by atoms with van der Waals surface area (Å²) >= 11 is 0. The van der Waals surface area contributed by atoms with Gasteiger partial charge < -0.3 is 14.5 Å². The van der Waals surface area contributed by atoms with Gasteiger partial charge in [0, 0.05) is 31.7 Å². The lowest BCUT2D eigenvalue weighted by atomic mass is 10.1. The Labute approximate surface area is 216 Å². The molecule has 0 N–H and O–H groups in total. The van der Waals surface area contributed by atoms with Gasteiger partial charge in [0.15, 0.2) is 0 Å². The maximum Gasteiger partial charge on any atom is 0.272 e. The molecule has 0 saturated carbocycles. The van der Waals surface area contributed by atoms with Crippen LogP contribution in [0.2, 0.25) is 0 Å². The Kier molecular flexibility index (Phi) is 6.95. The number of hydrogen-bond donors (Lipinski definition) is 0. The molecule has 0 bridgehead atoms. The Bertz CT molecular complexity index is 1420. The molecule has 0 aliphatic carbocycles. The van der Waals surface area contributed by atoms with Crippen molar-refractivity contribution in [2.45, 2.75) is 20.8 Å². The molecule has 7 heteroatoms. The average Bonchev–Trinajstić information content (AvgIpc) is 3.34. The lowest BCUT2D eigenvalue weighted by molar-refractivity contribution is 0.0737. The summed E-state index contributed by atoms with van der Waals surface area (Å²) in [6.07, 6.45) is 0. The van der Waals surface area contributed by atoms with E-state index in [4.69, 9.17) is 9.84 Å². The van der Waals surface area contributed by atoms with Crippen LogP contribution in [0.1, 0.15) is 28.5 Å². The number of piperazine rings is 1. The van der Waals surface area contributed by atoms with Crippen LogP contribution in [-0.4, -0.2) is 53.4 Å². The molecule has 3 aromatic carbocycles. The number of halogens is 1. The number of ether oxygens (including phenoxy) is 1. The molecule has 1 fully saturated rings. The molecular formula is C30H31FN4O2. The van der Waals surface area contributed by atoms with Crippen molar-refractivity contribution in [3.8, 4) is 22.7 Å². The minimum Gasteiger partial charge on any atom is -0.492 e. The fourth-order valence-corrected chi connectivity index (χ4v) is 4.87. The smallest absolute Gasteiger partial charge is 0.272 e. The van der Waals surface area contributed by atoms with Crippen molar-refractivity contribution >= 4 is 11.6 Å². The number of hydrogen-bond acceptors (Lipinski definition) is 4. The first-order valence-electron chi connectivity index (χ1n) is 12.6. The van der Waals surface area contributed by atoms with Crippen LogP contribution >= 0.6 is 0 Å². The summed E-state index contributed by atoms with van der Waals surface area (Å²) in [6, 6.07) is 22.2. The van der Waals surface area contributed by atoms with Gasteiger partial charge in [-0.3, -0.25) is 4.79 Å². The molecule has 1 saturated heterocycles. The summed E-state index contributed by atoms with van der Waals surface area (Å²) in [5.74, 6) is 0.369. The van der Waals surface area contributed by atoms with Crippen LogP contribution in [0.5, 0.6) is 5.75 Å². The van der Waals surface area contributed by atoms with Gasteiger partial charge >= 0.3 is 0 Å². The minimum absolute atomic E-state index is 0.118. The normalized spacial score (nSPS) is 13.6. The topological polar surface area (TPSA) is 50.6 Å². The van der Waals surface area contributed by atoms with Crippen molar-refractivity contribution in [1.82, 2.24) is 14.7 Å². The number of anilines is 1. The van der Waals surface area contributed by atoms with Crippen LogP contribution in [0.3, 0.4) is 0 Å². The van der Waals surface area contributed by atoms with E-state index in [-0.39, 0.29) is 11.7 Å². The fourth-order valence-electron chi connectivity index (χ4n) is 4.87. The quantitative estimate of drug-likeness (QED) is 0.344. The molecule has 6 nitrogen and oxygen atoms in total. The standard InChI is InChI=1S/C30H31FN4O2/c1-4-37-29-12-8-7-11-27(29)33-15-17-34(18-16-33)30(36)28-20-25(23-9-5-6-10-24(23)31)32-35(28)26-14-13-21(2)19-22(26)3/h5-14,19-20H,4,15-18H2,1-3H3. The van der Waals surface area contributed by atoms with Crippen molar-refractivity contribution in [3.05, 3.63) is 95.4 Å². The number of nitrogens with zero attached hydrogens (tertiary/aromatic N) is 4. The van der Waals surface area contributed by atoms with Crippen LogP contribution < -0.4 is 9.64 Å². The first kappa shape index (κ1) is 24.6. The molecule has 0 spiro atoms. The molecule has 190 valence electrons. The molecule has 2 heterocycles. The zero-order valence-corrected chi connectivity index (χ0v) is 21.4. The summed E-state index contributed by atoms with van der Waals surface area (Å²) in [5.41, 5.74) is 5.20. The Morgan fingerprint density at radius 2 is 1.65 bits per heavy atom. The van der Waals surface area contributed by atoms with Crippen LogP contribution in [0.4, 0.5) is 10.1 Å². The van der Waals surface area contributed by atoms with E-state index in [0.29, 0.717) is 49.7 Å². The highest BCUT2D eigenvalue weighted by Crippen LogP contribution is 2.30. The molecule has 1 aromatic heterocycles. The SMILES string of the molecule is CCOc1ccccc1N1CCN(C(=O)c2cc(-c3ccccc3F)nn2-c2ccc(C)cc2C)CC1. The maximum absolute atomic E-state index is 14.6. The highest BCUT2D eigenvalue weighted by molar-refractivity contribution is 5.94. The predicted molar refractivity (Wildman–Crippen MR) is 144 cm³/mol. The second-order valence-electron chi connectivity index (χ2n) is 9.28. The Morgan fingerprint density at radius 3 is 2.38 bits per heavy atom. The van der Waals surface area contributed by atoms with Gasteiger partial charge in [-0.05, 0) is 62.7 Å². The molecular weight excluding hydrogens is 467 g/mol. The van der Waals surface area contributed by atoms with Crippen LogP contribution in [-0.2, 0) is 0 Å². The third-order valence-corrected chi connectivity index (χ3v) is 6.73.